The highest BCUT2D eigenvalue weighted by molar-refractivity contribution is 6.35. The maximum atomic E-state index is 12.9. The van der Waals surface area contributed by atoms with Crippen LogP contribution in [0.4, 0.5) is 0 Å². The molecule has 1 aliphatic heterocycles. The molecule has 5 heteroatoms. The normalized spacial score (nSPS) is 14.8. The van der Waals surface area contributed by atoms with Gasteiger partial charge in [0.15, 0.2) is 0 Å². The van der Waals surface area contributed by atoms with Crippen LogP contribution < -0.4 is 0 Å². The van der Waals surface area contributed by atoms with Gasteiger partial charge in [-0.05, 0) is 41.0 Å². The molecule has 1 saturated heterocycles. The van der Waals surface area contributed by atoms with Gasteiger partial charge in [-0.3, -0.25) is 9.69 Å². The fraction of sp³-hybridized carbons (Fsp3) is 0.208. The van der Waals surface area contributed by atoms with Crippen LogP contribution in [0.2, 0.25) is 10.0 Å². The van der Waals surface area contributed by atoms with E-state index in [1.54, 1.807) is 6.07 Å². The molecule has 1 heterocycles. The number of carbonyl (C=O) groups is 1. The topological polar surface area (TPSA) is 23.6 Å². The number of rotatable bonds is 4. The van der Waals surface area contributed by atoms with E-state index in [-0.39, 0.29) is 5.91 Å². The van der Waals surface area contributed by atoms with Gasteiger partial charge in [-0.1, -0.05) is 71.7 Å². The number of carbonyl (C=O) groups excluding carboxylic acids is 1. The van der Waals surface area contributed by atoms with Gasteiger partial charge < -0.3 is 4.90 Å². The van der Waals surface area contributed by atoms with E-state index in [1.807, 2.05) is 59.5 Å². The Morgan fingerprint density at radius 3 is 2.10 bits per heavy atom. The molecule has 3 aromatic carbocycles. The second-order valence-electron chi connectivity index (χ2n) is 7.25. The molecule has 3 nitrogen and oxygen atoms in total. The number of amides is 1. The third-order valence-electron chi connectivity index (χ3n) is 5.31. The predicted octanol–water partition coefficient (Wildman–Crippen LogP) is 5.62. The summed E-state index contributed by atoms with van der Waals surface area (Å²) >= 11 is 12.3. The van der Waals surface area contributed by atoms with Gasteiger partial charge >= 0.3 is 0 Å². The first kappa shape index (κ1) is 20.0. The summed E-state index contributed by atoms with van der Waals surface area (Å²) in [7, 11) is 0. The lowest BCUT2D eigenvalue weighted by Gasteiger charge is -2.35. The van der Waals surface area contributed by atoms with Crippen molar-refractivity contribution in [2.24, 2.45) is 0 Å². The Morgan fingerprint density at radius 1 is 0.793 bits per heavy atom. The molecule has 0 saturated carbocycles. The molecule has 1 aliphatic rings. The van der Waals surface area contributed by atoms with Crippen LogP contribution in [0.25, 0.3) is 11.1 Å². The first-order valence-electron chi connectivity index (χ1n) is 9.71. The molecule has 1 amide bonds. The quantitative estimate of drug-likeness (QED) is 0.542. The smallest absolute Gasteiger partial charge is 0.253 e. The minimum absolute atomic E-state index is 0.0915. The molecule has 0 aromatic heterocycles. The molecule has 29 heavy (non-hydrogen) atoms. The first-order chi connectivity index (χ1) is 14.1. The summed E-state index contributed by atoms with van der Waals surface area (Å²) in [5.74, 6) is 0.0915. The molecular formula is C24H22Cl2N2O. The maximum absolute atomic E-state index is 12.9. The Kier molecular flexibility index (Phi) is 6.19. The number of hydrogen-bond acceptors (Lipinski definition) is 2. The average molecular weight is 425 g/mol. The lowest BCUT2D eigenvalue weighted by Crippen LogP contribution is -2.48. The van der Waals surface area contributed by atoms with E-state index in [4.69, 9.17) is 23.2 Å². The van der Waals surface area contributed by atoms with E-state index in [9.17, 15) is 4.79 Å². The summed E-state index contributed by atoms with van der Waals surface area (Å²) < 4.78 is 0. The molecule has 0 radical (unpaired) electrons. The van der Waals surface area contributed by atoms with Crippen LogP contribution >= 0.6 is 23.2 Å². The summed E-state index contributed by atoms with van der Waals surface area (Å²) in [4.78, 5) is 17.1. The fourth-order valence-corrected chi connectivity index (χ4v) is 4.09. The number of hydrogen-bond donors (Lipinski definition) is 0. The minimum Gasteiger partial charge on any atom is -0.336 e. The summed E-state index contributed by atoms with van der Waals surface area (Å²) in [5.41, 5.74) is 4.07. The van der Waals surface area contributed by atoms with Gasteiger partial charge in [-0.25, -0.2) is 0 Å². The third kappa shape index (κ3) is 4.81. The van der Waals surface area contributed by atoms with Crippen molar-refractivity contribution in [3.05, 3.63) is 94.0 Å². The lowest BCUT2D eigenvalue weighted by molar-refractivity contribution is 0.0628. The van der Waals surface area contributed by atoms with Gasteiger partial charge in [-0.15, -0.1) is 0 Å². The third-order valence-corrected chi connectivity index (χ3v) is 5.89. The molecule has 0 bridgehead atoms. The van der Waals surface area contributed by atoms with E-state index in [1.165, 1.54) is 0 Å². The first-order valence-corrected chi connectivity index (χ1v) is 10.5. The van der Waals surface area contributed by atoms with Crippen molar-refractivity contribution in [1.29, 1.82) is 0 Å². The fourth-order valence-electron chi connectivity index (χ4n) is 3.62. The Morgan fingerprint density at radius 2 is 1.45 bits per heavy atom. The van der Waals surface area contributed by atoms with E-state index < -0.39 is 0 Å². The van der Waals surface area contributed by atoms with Crippen LogP contribution in [-0.4, -0.2) is 41.9 Å². The van der Waals surface area contributed by atoms with Gasteiger partial charge in [0.05, 0.1) is 0 Å². The summed E-state index contributed by atoms with van der Waals surface area (Å²) in [6, 6.07) is 23.7. The van der Waals surface area contributed by atoms with E-state index in [2.05, 4.69) is 17.0 Å². The molecular weight excluding hydrogens is 403 g/mol. The zero-order valence-corrected chi connectivity index (χ0v) is 17.5. The van der Waals surface area contributed by atoms with E-state index >= 15 is 0 Å². The van der Waals surface area contributed by atoms with Crippen LogP contribution in [0.3, 0.4) is 0 Å². The molecule has 0 N–H and O–H groups in total. The van der Waals surface area contributed by atoms with Crippen LogP contribution in [0.15, 0.2) is 72.8 Å². The zero-order valence-electron chi connectivity index (χ0n) is 16.0. The number of nitrogens with zero attached hydrogens (tertiary/aromatic N) is 2. The molecule has 0 spiro atoms. The number of benzene rings is 3. The van der Waals surface area contributed by atoms with Gasteiger partial charge in [-0.2, -0.15) is 0 Å². The highest BCUT2D eigenvalue weighted by Crippen LogP contribution is 2.23. The van der Waals surface area contributed by atoms with Crippen molar-refractivity contribution >= 4 is 29.1 Å². The van der Waals surface area contributed by atoms with E-state index in [0.29, 0.717) is 23.1 Å². The molecule has 3 aromatic rings. The van der Waals surface area contributed by atoms with Gasteiger partial charge in [0.2, 0.25) is 0 Å². The standard InChI is InChI=1S/C24H22Cl2N2O/c25-22-11-10-21(23(26)16-22)17-27-12-14-28(15-13-27)24(29)20-8-6-19(7-9-20)18-4-2-1-3-5-18/h1-11,16H,12-15,17H2. The van der Waals surface area contributed by atoms with Crippen LogP contribution in [0.1, 0.15) is 15.9 Å². The predicted molar refractivity (Wildman–Crippen MR) is 120 cm³/mol. The largest absolute Gasteiger partial charge is 0.336 e. The monoisotopic (exact) mass is 424 g/mol. The van der Waals surface area contributed by atoms with Crippen molar-refractivity contribution in [3.8, 4) is 11.1 Å². The molecule has 1 fully saturated rings. The number of piperazine rings is 1. The Hall–Kier alpha value is -2.33. The summed E-state index contributed by atoms with van der Waals surface area (Å²) in [5, 5.41) is 1.34. The van der Waals surface area contributed by atoms with Crippen LogP contribution in [0, 0.1) is 0 Å². The molecule has 148 valence electrons. The molecule has 0 unspecified atom stereocenters. The van der Waals surface area contributed by atoms with Crippen molar-refractivity contribution in [1.82, 2.24) is 9.80 Å². The summed E-state index contributed by atoms with van der Waals surface area (Å²) in [6.45, 7) is 3.85. The van der Waals surface area contributed by atoms with Crippen LogP contribution in [0.5, 0.6) is 0 Å². The van der Waals surface area contributed by atoms with Crippen LogP contribution in [-0.2, 0) is 6.54 Å². The van der Waals surface area contributed by atoms with Gasteiger partial charge in [0.25, 0.3) is 5.91 Å². The number of halogens is 2. The van der Waals surface area contributed by atoms with Crippen molar-refractivity contribution < 1.29 is 4.79 Å². The summed E-state index contributed by atoms with van der Waals surface area (Å²) in [6.07, 6.45) is 0. The second kappa shape index (κ2) is 9.00. The zero-order chi connectivity index (χ0) is 20.2. The lowest BCUT2D eigenvalue weighted by atomic mass is 10.0. The van der Waals surface area contributed by atoms with Crippen molar-refractivity contribution in [2.45, 2.75) is 6.54 Å². The van der Waals surface area contributed by atoms with E-state index in [0.717, 1.165) is 41.9 Å². The molecule has 0 atom stereocenters. The SMILES string of the molecule is O=C(c1ccc(-c2ccccc2)cc1)N1CCN(Cc2ccc(Cl)cc2Cl)CC1. The maximum Gasteiger partial charge on any atom is 0.253 e. The van der Waals surface area contributed by atoms with Gasteiger partial charge in [0, 0.05) is 48.3 Å². The second-order valence-corrected chi connectivity index (χ2v) is 8.09. The highest BCUT2D eigenvalue weighted by atomic mass is 35.5. The Balaban J connectivity index is 1.35. The minimum atomic E-state index is 0.0915. The van der Waals surface area contributed by atoms with Crippen molar-refractivity contribution in [2.75, 3.05) is 26.2 Å². The average Bonchev–Trinajstić information content (AvgIpc) is 2.76. The molecule has 4 rings (SSSR count). The Labute approximate surface area is 181 Å². The van der Waals surface area contributed by atoms with Gasteiger partial charge in [0.1, 0.15) is 0 Å². The highest BCUT2D eigenvalue weighted by Gasteiger charge is 2.22. The van der Waals surface area contributed by atoms with Crippen molar-refractivity contribution in [3.63, 3.8) is 0 Å². The molecule has 0 aliphatic carbocycles. The Bertz CT molecular complexity index is 982.